The second-order valence-corrected chi connectivity index (χ2v) is 6.88. The van der Waals surface area contributed by atoms with Crippen molar-refractivity contribution in [3.8, 4) is 0 Å². The van der Waals surface area contributed by atoms with Gasteiger partial charge in [0.25, 0.3) is 5.91 Å². The molecule has 2 nitrogen and oxygen atoms in total. The highest BCUT2D eigenvalue weighted by molar-refractivity contribution is 5.94. The zero-order valence-corrected chi connectivity index (χ0v) is 14.2. The average Bonchev–Trinajstić information content (AvgIpc) is 2.53. The molecule has 1 aromatic carbocycles. The van der Waals surface area contributed by atoms with Gasteiger partial charge in [-0.3, -0.25) is 4.79 Å². The summed E-state index contributed by atoms with van der Waals surface area (Å²) in [6.07, 6.45) is 6.97. The van der Waals surface area contributed by atoms with Crippen LogP contribution >= 0.6 is 0 Å². The smallest absolute Gasteiger partial charge is 0.253 e. The van der Waals surface area contributed by atoms with E-state index in [9.17, 15) is 4.79 Å². The molecule has 1 unspecified atom stereocenters. The van der Waals surface area contributed by atoms with Gasteiger partial charge in [0.1, 0.15) is 0 Å². The van der Waals surface area contributed by atoms with Crippen molar-refractivity contribution in [2.24, 2.45) is 11.8 Å². The molecule has 0 aliphatic carbocycles. The molecule has 1 aromatic rings. The van der Waals surface area contributed by atoms with Crippen molar-refractivity contribution in [3.63, 3.8) is 0 Å². The molecule has 1 amide bonds. The van der Waals surface area contributed by atoms with Crippen molar-refractivity contribution in [2.75, 3.05) is 13.1 Å². The van der Waals surface area contributed by atoms with E-state index in [2.05, 4.69) is 32.9 Å². The lowest BCUT2D eigenvalue weighted by Gasteiger charge is -2.32. The van der Waals surface area contributed by atoms with Gasteiger partial charge in [-0.1, -0.05) is 39.3 Å². The lowest BCUT2D eigenvalue weighted by Crippen LogP contribution is -2.38. The molecule has 0 bridgehead atoms. The summed E-state index contributed by atoms with van der Waals surface area (Å²) in [6.45, 7) is 10.3. The standard InChI is InChI=1S/C20H30NO/c1-4-5-6-17-7-9-19(10-8-17)20(22)21-13-11-18(12-14-21)15-16(2)3/h7-10,16,18H,2,4-6,11-15H2,1,3H3. The summed E-state index contributed by atoms with van der Waals surface area (Å²) in [5.74, 6) is 1.46. The van der Waals surface area contributed by atoms with Crippen molar-refractivity contribution in [1.82, 2.24) is 4.90 Å². The lowest BCUT2D eigenvalue weighted by atomic mass is 9.88. The van der Waals surface area contributed by atoms with Gasteiger partial charge in [-0.05, 0) is 61.6 Å². The van der Waals surface area contributed by atoms with Crippen molar-refractivity contribution >= 4 is 5.91 Å². The summed E-state index contributed by atoms with van der Waals surface area (Å²) < 4.78 is 0. The number of nitrogens with zero attached hydrogens (tertiary/aromatic N) is 1. The molecule has 1 heterocycles. The van der Waals surface area contributed by atoms with Crippen LogP contribution < -0.4 is 0 Å². The van der Waals surface area contributed by atoms with Crippen LogP contribution in [0.15, 0.2) is 24.3 Å². The van der Waals surface area contributed by atoms with Crippen LogP contribution in [0.2, 0.25) is 0 Å². The SMILES string of the molecule is [CH2]C(C)CC1CCN(C(=O)c2ccc(CCCC)cc2)CC1. The summed E-state index contributed by atoms with van der Waals surface area (Å²) >= 11 is 0. The fraction of sp³-hybridized carbons (Fsp3) is 0.600. The van der Waals surface area contributed by atoms with E-state index in [0.29, 0.717) is 5.92 Å². The predicted octanol–water partition coefficient (Wildman–Crippen LogP) is 4.74. The number of rotatable bonds is 6. The monoisotopic (exact) mass is 300 g/mol. The van der Waals surface area contributed by atoms with Gasteiger partial charge in [-0.25, -0.2) is 0 Å². The van der Waals surface area contributed by atoms with Crippen LogP contribution in [-0.4, -0.2) is 23.9 Å². The predicted molar refractivity (Wildman–Crippen MR) is 92.8 cm³/mol. The van der Waals surface area contributed by atoms with E-state index in [1.807, 2.05) is 17.0 Å². The molecule has 1 fully saturated rings. The number of hydrogen-bond donors (Lipinski definition) is 0. The van der Waals surface area contributed by atoms with E-state index in [1.54, 1.807) is 0 Å². The minimum absolute atomic E-state index is 0.197. The highest BCUT2D eigenvalue weighted by Crippen LogP contribution is 2.24. The van der Waals surface area contributed by atoms with E-state index in [1.165, 1.54) is 24.8 Å². The highest BCUT2D eigenvalue weighted by Gasteiger charge is 2.23. The molecule has 2 rings (SSSR count). The van der Waals surface area contributed by atoms with Gasteiger partial charge < -0.3 is 4.90 Å². The minimum atomic E-state index is 0.197. The molecule has 0 spiro atoms. The van der Waals surface area contributed by atoms with Crippen molar-refractivity contribution < 1.29 is 4.79 Å². The Morgan fingerprint density at radius 3 is 2.45 bits per heavy atom. The Hall–Kier alpha value is -1.31. The Morgan fingerprint density at radius 2 is 1.91 bits per heavy atom. The Kier molecular flexibility index (Phi) is 6.48. The summed E-state index contributed by atoms with van der Waals surface area (Å²) in [5, 5.41) is 0. The van der Waals surface area contributed by atoms with E-state index < -0.39 is 0 Å². The zero-order chi connectivity index (χ0) is 15.9. The van der Waals surface area contributed by atoms with Crippen LogP contribution in [0.3, 0.4) is 0 Å². The number of amides is 1. The first kappa shape index (κ1) is 17.1. The maximum absolute atomic E-state index is 12.6. The van der Waals surface area contributed by atoms with Gasteiger partial charge >= 0.3 is 0 Å². The number of aryl methyl sites for hydroxylation is 1. The third-order valence-corrected chi connectivity index (χ3v) is 4.66. The molecule has 2 heteroatoms. The quantitative estimate of drug-likeness (QED) is 0.743. The normalized spacial score (nSPS) is 16.3. The fourth-order valence-electron chi connectivity index (χ4n) is 3.32. The molecule has 121 valence electrons. The molecule has 0 N–H and O–H groups in total. The van der Waals surface area contributed by atoms with E-state index >= 15 is 0 Å². The molecule has 1 aliphatic heterocycles. The number of unbranched alkanes of at least 4 members (excludes halogenated alkanes) is 1. The second kappa shape index (κ2) is 8.36. The van der Waals surface area contributed by atoms with Gasteiger partial charge in [0.2, 0.25) is 0 Å². The first-order chi connectivity index (χ1) is 10.6. The Labute approximate surface area is 135 Å². The number of carbonyl (C=O) groups excluding carboxylic acids is 1. The lowest BCUT2D eigenvalue weighted by molar-refractivity contribution is 0.0683. The molecule has 1 saturated heterocycles. The zero-order valence-electron chi connectivity index (χ0n) is 14.2. The van der Waals surface area contributed by atoms with Crippen LogP contribution in [0.25, 0.3) is 0 Å². The fourth-order valence-corrected chi connectivity index (χ4v) is 3.32. The Bertz CT molecular complexity index is 455. The Balaban J connectivity index is 1.87. The summed E-state index contributed by atoms with van der Waals surface area (Å²) in [6, 6.07) is 8.22. The first-order valence-electron chi connectivity index (χ1n) is 8.81. The summed E-state index contributed by atoms with van der Waals surface area (Å²) in [7, 11) is 0. The number of hydrogen-bond acceptors (Lipinski definition) is 1. The summed E-state index contributed by atoms with van der Waals surface area (Å²) in [4.78, 5) is 14.6. The van der Waals surface area contributed by atoms with Gasteiger partial charge in [0.05, 0.1) is 0 Å². The van der Waals surface area contributed by atoms with E-state index in [-0.39, 0.29) is 5.91 Å². The summed E-state index contributed by atoms with van der Waals surface area (Å²) in [5.41, 5.74) is 2.17. The topological polar surface area (TPSA) is 20.3 Å². The van der Waals surface area contributed by atoms with Crippen molar-refractivity contribution in [2.45, 2.75) is 52.4 Å². The molecule has 1 radical (unpaired) electrons. The molecular formula is C20H30NO. The average molecular weight is 300 g/mol. The molecule has 0 aromatic heterocycles. The van der Waals surface area contributed by atoms with Crippen molar-refractivity contribution in [3.05, 3.63) is 42.3 Å². The first-order valence-corrected chi connectivity index (χ1v) is 8.81. The van der Waals surface area contributed by atoms with Crippen LogP contribution in [-0.2, 0) is 6.42 Å². The number of likely N-dealkylation sites (tertiary alicyclic amines) is 1. The van der Waals surface area contributed by atoms with Crippen molar-refractivity contribution in [1.29, 1.82) is 0 Å². The minimum Gasteiger partial charge on any atom is -0.339 e. The maximum atomic E-state index is 12.6. The number of piperidine rings is 1. The molecule has 22 heavy (non-hydrogen) atoms. The molecular weight excluding hydrogens is 270 g/mol. The molecule has 1 atom stereocenters. The highest BCUT2D eigenvalue weighted by atomic mass is 16.2. The van der Waals surface area contributed by atoms with Crippen LogP contribution in [0.5, 0.6) is 0 Å². The van der Waals surface area contributed by atoms with Gasteiger partial charge in [0, 0.05) is 18.7 Å². The number of benzene rings is 1. The van der Waals surface area contributed by atoms with E-state index in [0.717, 1.165) is 43.8 Å². The van der Waals surface area contributed by atoms with Gasteiger partial charge in [-0.15, -0.1) is 0 Å². The van der Waals surface area contributed by atoms with Gasteiger partial charge in [0.15, 0.2) is 0 Å². The third-order valence-electron chi connectivity index (χ3n) is 4.66. The van der Waals surface area contributed by atoms with E-state index in [4.69, 9.17) is 0 Å². The van der Waals surface area contributed by atoms with Crippen LogP contribution in [0.4, 0.5) is 0 Å². The third kappa shape index (κ3) is 4.86. The van der Waals surface area contributed by atoms with Crippen LogP contribution in [0, 0.1) is 18.8 Å². The second-order valence-electron chi connectivity index (χ2n) is 6.88. The Morgan fingerprint density at radius 1 is 1.27 bits per heavy atom. The molecule has 1 aliphatic rings. The number of carbonyl (C=O) groups is 1. The maximum Gasteiger partial charge on any atom is 0.253 e. The molecule has 0 saturated carbocycles. The largest absolute Gasteiger partial charge is 0.339 e. The van der Waals surface area contributed by atoms with Crippen LogP contribution in [0.1, 0.15) is 61.9 Å². The van der Waals surface area contributed by atoms with Gasteiger partial charge in [-0.2, -0.15) is 0 Å².